The van der Waals surface area contributed by atoms with E-state index in [1.54, 1.807) is 18.2 Å². The molecule has 0 saturated carbocycles. The Balaban J connectivity index is 1.56. The van der Waals surface area contributed by atoms with Gasteiger partial charge in [-0.1, -0.05) is 60.1 Å². The second kappa shape index (κ2) is 8.87. The van der Waals surface area contributed by atoms with Crippen LogP contribution in [0.15, 0.2) is 60.7 Å². The molecule has 3 aromatic carbocycles. The van der Waals surface area contributed by atoms with Crippen molar-refractivity contribution in [2.45, 2.75) is 19.4 Å². The summed E-state index contributed by atoms with van der Waals surface area (Å²) in [5.74, 6) is -1.53. The number of hydrogen-bond donors (Lipinski definition) is 3. The van der Waals surface area contributed by atoms with Crippen molar-refractivity contribution in [2.24, 2.45) is 0 Å². The van der Waals surface area contributed by atoms with E-state index in [1.807, 2.05) is 49.4 Å². The highest BCUT2D eigenvalue weighted by Gasteiger charge is 2.16. The highest BCUT2D eigenvalue weighted by molar-refractivity contribution is 6.40. The van der Waals surface area contributed by atoms with Crippen LogP contribution in [0.5, 0.6) is 0 Å². The lowest BCUT2D eigenvalue weighted by Crippen LogP contribution is -2.36. The molecule has 28 heavy (non-hydrogen) atoms. The molecule has 144 valence electrons. The van der Waals surface area contributed by atoms with E-state index in [0.29, 0.717) is 17.1 Å². The molecule has 0 saturated heterocycles. The van der Waals surface area contributed by atoms with Gasteiger partial charge in [-0.05, 0) is 47.4 Å². The topological polar surface area (TPSA) is 78.4 Å². The number of amides is 2. The van der Waals surface area contributed by atoms with Crippen molar-refractivity contribution in [1.29, 1.82) is 0 Å². The molecule has 0 aliphatic carbocycles. The molecule has 3 rings (SSSR count). The van der Waals surface area contributed by atoms with Gasteiger partial charge in [-0.25, -0.2) is 0 Å². The maximum Gasteiger partial charge on any atom is 0.313 e. The summed E-state index contributed by atoms with van der Waals surface area (Å²) in [6.07, 6.45) is -0.451. The highest BCUT2D eigenvalue weighted by atomic mass is 35.5. The van der Waals surface area contributed by atoms with E-state index in [-0.39, 0.29) is 6.54 Å². The number of aryl methyl sites for hydroxylation is 1. The quantitative estimate of drug-likeness (QED) is 0.571. The fourth-order valence-electron chi connectivity index (χ4n) is 3.01. The molecule has 0 bridgehead atoms. The van der Waals surface area contributed by atoms with Crippen molar-refractivity contribution < 1.29 is 14.7 Å². The Bertz CT molecular complexity index is 1010. The third-order valence-corrected chi connectivity index (χ3v) is 4.77. The molecule has 0 spiro atoms. The third kappa shape index (κ3) is 4.68. The van der Waals surface area contributed by atoms with Gasteiger partial charge in [0.2, 0.25) is 0 Å². The molecule has 3 N–H and O–H groups in total. The van der Waals surface area contributed by atoms with Crippen LogP contribution in [0.2, 0.25) is 5.02 Å². The predicted molar refractivity (Wildman–Crippen MR) is 111 cm³/mol. The summed E-state index contributed by atoms with van der Waals surface area (Å²) >= 11 is 5.92. The predicted octanol–water partition coefficient (Wildman–Crippen LogP) is 3.98. The first-order valence-electron chi connectivity index (χ1n) is 8.97. The lowest BCUT2D eigenvalue weighted by molar-refractivity contribution is -0.136. The molecule has 0 fully saturated rings. The van der Waals surface area contributed by atoms with Gasteiger partial charge in [0.25, 0.3) is 0 Å². The first kappa shape index (κ1) is 19.9. The fraction of sp³-hybridized carbons (Fsp3) is 0.182. The van der Waals surface area contributed by atoms with Crippen molar-refractivity contribution in [2.75, 3.05) is 11.9 Å². The van der Waals surface area contributed by atoms with Crippen LogP contribution in [0.4, 0.5) is 5.69 Å². The Morgan fingerprint density at radius 3 is 2.61 bits per heavy atom. The molecule has 0 heterocycles. The minimum absolute atomic E-state index is 0.172. The van der Waals surface area contributed by atoms with E-state index in [4.69, 9.17) is 11.6 Å². The fourth-order valence-corrected chi connectivity index (χ4v) is 3.18. The molecule has 6 heteroatoms. The second-order valence-corrected chi connectivity index (χ2v) is 6.98. The Morgan fingerprint density at radius 1 is 1.04 bits per heavy atom. The number of hydrogen-bond acceptors (Lipinski definition) is 3. The van der Waals surface area contributed by atoms with Crippen LogP contribution >= 0.6 is 11.6 Å². The van der Waals surface area contributed by atoms with Gasteiger partial charge >= 0.3 is 11.8 Å². The largest absolute Gasteiger partial charge is 0.388 e. The summed E-state index contributed by atoms with van der Waals surface area (Å²) < 4.78 is 0. The third-order valence-electron chi connectivity index (χ3n) is 4.54. The van der Waals surface area contributed by atoms with Gasteiger partial charge in [0.1, 0.15) is 0 Å². The normalized spacial score (nSPS) is 11.8. The number of carbonyl (C=O) groups is 2. The molecular weight excluding hydrogens is 376 g/mol. The summed E-state index contributed by atoms with van der Waals surface area (Å²) in [5.41, 5.74) is 2.09. The molecule has 0 aromatic heterocycles. The molecule has 0 aliphatic heterocycles. The Hall–Kier alpha value is -2.89. The molecule has 3 aromatic rings. The van der Waals surface area contributed by atoms with E-state index < -0.39 is 17.9 Å². The Kier molecular flexibility index (Phi) is 6.29. The molecular formula is C22H21ClN2O3. The maximum absolute atomic E-state index is 12.1. The number of aliphatic hydroxyl groups is 1. The number of rotatable bonds is 5. The van der Waals surface area contributed by atoms with E-state index >= 15 is 0 Å². The zero-order valence-electron chi connectivity index (χ0n) is 15.4. The zero-order chi connectivity index (χ0) is 20.1. The van der Waals surface area contributed by atoms with Crippen LogP contribution in [0.3, 0.4) is 0 Å². The van der Waals surface area contributed by atoms with Gasteiger partial charge in [-0.3, -0.25) is 9.59 Å². The SMILES string of the molecule is Cc1ccc(Cl)cc1NC(=O)C(=O)NCCC(O)c1cccc2ccccc12. The summed E-state index contributed by atoms with van der Waals surface area (Å²) in [6.45, 7) is 1.98. The average molecular weight is 397 g/mol. The van der Waals surface area contributed by atoms with E-state index in [2.05, 4.69) is 10.6 Å². The molecule has 5 nitrogen and oxygen atoms in total. The first-order chi connectivity index (χ1) is 13.5. The van der Waals surface area contributed by atoms with Crippen LogP contribution in [0.25, 0.3) is 10.8 Å². The standard InChI is InChI=1S/C22H21ClN2O3/c1-14-9-10-16(23)13-19(14)25-22(28)21(27)24-12-11-20(26)18-8-4-6-15-5-2-3-7-17(15)18/h2-10,13,20,26H,11-12H2,1H3,(H,24,27)(H,25,28). The van der Waals surface area contributed by atoms with Gasteiger partial charge in [0.05, 0.1) is 6.10 Å². The summed E-state index contributed by atoms with van der Waals surface area (Å²) in [4.78, 5) is 24.1. The minimum Gasteiger partial charge on any atom is -0.388 e. The maximum atomic E-state index is 12.1. The molecule has 1 atom stereocenters. The number of fused-ring (bicyclic) bond motifs is 1. The van der Waals surface area contributed by atoms with E-state index in [9.17, 15) is 14.7 Å². The Morgan fingerprint density at radius 2 is 1.79 bits per heavy atom. The van der Waals surface area contributed by atoms with E-state index in [0.717, 1.165) is 21.9 Å². The monoisotopic (exact) mass is 396 g/mol. The minimum atomic E-state index is -0.773. The van der Waals surface area contributed by atoms with Crippen molar-refractivity contribution >= 4 is 39.9 Å². The van der Waals surface area contributed by atoms with Crippen molar-refractivity contribution in [1.82, 2.24) is 5.32 Å². The average Bonchev–Trinajstić information content (AvgIpc) is 2.70. The van der Waals surface area contributed by atoms with Gasteiger partial charge in [-0.15, -0.1) is 0 Å². The van der Waals surface area contributed by atoms with Gasteiger partial charge in [-0.2, -0.15) is 0 Å². The van der Waals surface area contributed by atoms with Crippen molar-refractivity contribution in [3.63, 3.8) is 0 Å². The zero-order valence-corrected chi connectivity index (χ0v) is 16.2. The molecule has 2 amide bonds. The van der Waals surface area contributed by atoms with Crippen LogP contribution in [-0.4, -0.2) is 23.5 Å². The van der Waals surface area contributed by atoms with Gasteiger partial charge in [0.15, 0.2) is 0 Å². The first-order valence-corrected chi connectivity index (χ1v) is 9.34. The number of carbonyl (C=O) groups excluding carboxylic acids is 2. The molecule has 0 aliphatic rings. The number of halogens is 1. The van der Waals surface area contributed by atoms with Crippen LogP contribution < -0.4 is 10.6 Å². The highest BCUT2D eigenvalue weighted by Crippen LogP contribution is 2.26. The molecule has 0 radical (unpaired) electrons. The van der Waals surface area contributed by atoms with Crippen molar-refractivity contribution in [3.05, 3.63) is 76.8 Å². The smallest absolute Gasteiger partial charge is 0.313 e. The van der Waals surface area contributed by atoms with Crippen molar-refractivity contribution in [3.8, 4) is 0 Å². The number of anilines is 1. The number of benzene rings is 3. The van der Waals surface area contributed by atoms with Crippen LogP contribution in [-0.2, 0) is 9.59 Å². The summed E-state index contributed by atoms with van der Waals surface area (Å²) in [7, 11) is 0. The lowest BCUT2D eigenvalue weighted by atomic mass is 9.99. The number of nitrogens with one attached hydrogen (secondary N) is 2. The number of aliphatic hydroxyl groups excluding tert-OH is 1. The second-order valence-electron chi connectivity index (χ2n) is 6.54. The van der Waals surface area contributed by atoms with E-state index in [1.165, 1.54) is 0 Å². The van der Waals surface area contributed by atoms with Crippen LogP contribution in [0.1, 0.15) is 23.7 Å². The van der Waals surface area contributed by atoms with Gasteiger partial charge < -0.3 is 15.7 Å². The Labute approximate surface area is 168 Å². The molecule has 1 unspecified atom stereocenters. The summed E-state index contributed by atoms with van der Waals surface area (Å²) in [6, 6.07) is 18.6. The van der Waals surface area contributed by atoms with Crippen LogP contribution in [0, 0.1) is 6.92 Å². The lowest BCUT2D eigenvalue weighted by Gasteiger charge is -2.14. The van der Waals surface area contributed by atoms with Gasteiger partial charge in [0, 0.05) is 17.3 Å². The summed E-state index contributed by atoms with van der Waals surface area (Å²) in [5, 5.41) is 18.1.